The lowest BCUT2D eigenvalue weighted by Crippen LogP contribution is -2.02. The average Bonchev–Trinajstić information content (AvgIpc) is 2.59. The molecule has 0 aliphatic carbocycles. The third-order valence-electron chi connectivity index (χ3n) is 2.63. The Morgan fingerprint density at radius 1 is 1.38 bits per heavy atom. The van der Waals surface area contributed by atoms with E-state index in [0.717, 1.165) is 12.0 Å². The van der Waals surface area contributed by atoms with Gasteiger partial charge in [0.05, 0.1) is 0 Å². The van der Waals surface area contributed by atoms with Crippen LogP contribution in [0.5, 0.6) is 0 Å². The molecule has 2 rings (SSSR count). The molecule has 0 amide bonds. The fourth-order valence-electron chi connectivity index (χ4n) is 1.90. The molecule has 0 aliphatic heterocycles. The van der Waals surface area contributed by atoms with Crippen molar-refractivity contribution >= 4 is 0 Å². The van der Waals surface area contributed by atoms with Gasteiger partial charge in [0.15, 0.2) is 0 Å². The highest BCUT2D eigenvalue weighted by molar-refractivity contribution is 5.20. The number of aryl methyl sites for hydroxylation is 2. The van der Waals surface area contributed by atoms with Gasteiger partial charge in [0.2, 0.25) is 5.95 Å². The monoisotopic (exact) mass is 218 g/mol. The van der Waals surface area contributed by atoms with Crippen LogP contribution in [0.15, 0.2) is 30.6 Å². The number of hydrogen-bond acceptors (Lipinski definition) is 1. The summed E-state index contributed by atoms with van der Waals surface area (Å²) in [5, 5.41) is 0. The van der Waals surface area contributed by atoms with Crippen LogP contribution in [-0.4, -0.2) is 9.55 Å². The van der Waals surface area contributed by atoms with Gasteiger partial charge in [-0.15, -0.1) is 0 Å². The Balaban J connectivity index is 2.26. The minimum Gasteiger partial charge on any atom is -0.347 e. The summed E-state index contributed by atoms with van der Waals surface area (Å²) in [6.45, 7) is 4.90. The molecule has 0 N–H and O–H groups in total. The molecule has 0 radical (unpaired) electrons. The van der Waals surface area contributed by atoms with Crippen LogP contribution in [0.25, 0.3) is 0 Å². The van der Waals surface area contributed by atoms with E-state index in [1.807, 2.05) is 6.07 Å². The molecule has 0 saturated carbocycles. The predicted molar refractivity (Wildman–Crippen MR) is 61.8 cm³/mol. The topological polar surface area (TPSA) is 17.8 Å². The first-order valence-electron chi connectivity index (χ1n) is 5.45. The third-order valence-corrected chi connectivity index (χ3v) is 2.63. The summed E-state index contributed by atoms with van der Waals surface area (Å²) in [5.74, 6) is -0.417. The summed E-state index contributed by atoms with van der Waals surface area (Å²) in [4.78, 5) is 3.55. The first-order valence-corrected chi connectivity index (χ1v) is 5.45. The molecule has 0 atom stereocenters. The Morgan fingerprint density at radius 3 is 2.88 bits per heavy atom. The van der Waals surface area contributed by atoms with Gasteiger partial charge < -0.3 is 4.57 Å². The van der Waals surface area contributed by atoms with E-state index in [9.17, 15) is 4.39 Å². The van der Waals surface area contributed by atoms with Crippen molar-refractivity contribution in [3.05, 3.63) is 53.4 Å². The van der Waals surface area contributed by atoms with E-state index in [1.165, 1.54) is 23.5 Å². The standard InChI is InChI=1S/C13H15FN2/c1-3-12-6-10(2)8-16(12)9-11-4-5-15-13(14)7-11/h4-8H,3,9H2,1-2H3. The van der Waals surface area contributed by atoms with E-state index in [-0.39, 0.29) is 0 Å². The highest BCUT2D eigenvalue weighted by Crippen LogP contribution is 2.12. The van der Waals surface area contributed by atoms with Crippen molar-refractivity contribution in [1.82, 2.24) is 9.55 Å². The number of hydrogen-bond donors (Lipinski definition) is 0. The smallest absolute Gasteiger partial charge is 0.213 e. The molecule has 3 heteroatoms. The van der Waals surface area contributed by atoms with Gasteiger partial charge in [-0.2, -0.15) is 4.39 Å². The molecule has 0 unspecified atom stereocenters. The second-order valence-electron chi connectivity index (χ2n) is 3.98. The van der Waals surface area contributed by atoms with Crippen LogP contribution in [-0.2, 0) is 13.0 Å². The van der Waals surface area contributed by atoms with Gasteiger partial charge in [-0.3, -0.25) is 0 Å². The second-order valence-corrected chi connectivity index (χ2v) is 3.98. The molecule has 2 nitrogen and oxygen atoms in total. The first-order chi connectivity index (χ1) is 7.69. The molecule has 2 heterocycles. The molecule has 84 valence electrons. The molecular weight excluding hydrogens is 203 g/mol. The molecule has 0 bridgehead atoms. The predicted octanol–water partition coefficient (Wildman–Crippen LogP) is 2.94. The summed E-state index contributed by atoms with van der Waals surface area (Å²) in [6, 6.07) is 5.49. The lowest BCUT2D eigenvalue weighted by molar-refractivity contribution is 0.579. The lowest BCUT2D eigenvalue weighted by atomic mass is 10.2. The van der Waals surface area contributed by atoms with E-state index in [4.69, 9.17) is 0 Å². The van der Waals surface area contributed by atoms with Gasteiger partial charge >= 0.3 is 0 Å². The van der Waals surface area contributed by atoms with Crippen LogP contribution in [0.3, 0.4) is 0 Å². The molecule has 2 aromatic heterocycles. The molecule has 0 fully saturated rings. The molecule has 0 aliphatic rings. The maximum absolute atomic E-state index is 12.9. The van der Waals surface area contributed by atoms with E-state index in [1.54, 1.807) is 0 Å². The summed E-state index contributed by atoms with van der Waals surface area (Å²) in [7, 11) is 0. The number of rotatable bonds is 3. The van der Waals surface area contributed by atoms with E-state index < -0.39 is 5.95 Å². The molecule has 16 heavy (non-hydrogen) atoms. The summed E-state index contributed by atoms with van der Waals surface area (Å²) >= 11 is 0. The minimum absolute atomic E-state index is 0.417. The highest BCUT2D eigenvalue weighted by atomic mass is 19.1. The SMILES string of the molecule is CCc1cc(C)cn1Cc1ccnc(F)c1. The van der Waals surface area contributed by atoms with Crippen molar-refractivity contribution in [1.29, 1.82) is 0 Å². The molecule has 0 spiro atoms. The Kier molecular flexibility index (Phi) is 3.04. The molecular formula is C13H15FN2. The number of halogens is 1. The van der Waals surface area contributed by atoms with Crippen molar-refractivity contribution in [3.8, 4) is 0 Å². The van der Waals surface area contributed by atoms with Gasteiger partial charge in [0.25, 0.3) is 0 Å². The number of nitrogens with zero attached hydrogens (tertiary/aromatic N) is 2. The normalized spacial score (nSPS) is 10.7. The van der Waals surface area contributed by atoms with E-state index in [2.05, 4.69) is 35.7 Å². The summed E-state index contributed by atoms with van der Waals surface area (Å²) in [5.41, 5.74) is 3.46. The van der Waals surface area contributed by atoms with Crippen molar-refractivity contribution in [2.45, 2.75) is 26.8 Å². The average molecular weight is 218 g/mol. The number of pyridine rings is 1. The Hall–Kier alpha value is -1.64. The van der Waals surface area contributed by atoms with Gasteiger partial charge in [-0.05, 0) is 42.7 Å². The van der Waals surface area contributed by atoms with Crippen LogP contribution >= 0.6 is 0 Å². The maximum Gasteiger partial charge on any atom is 0.213 e. The Bertz CT molecular complexity index is 488. The summed E-state index contributed by atoms with van der Waals surface area (Å²) < 4.78 is 15.1. The van der Waals surface area contributed by atoms with Gasteiger partial charge in [-0.25, -0.2) is 4.98 Å². The Morgan fingerprint density at radius 2 is 2.19 bits per heavy atom. The zero-order valence-electron chi connectivity index (χ0n) is 9.57. The van der Waals surface area contributed by atoms with Gasteiger partial charge in [-0.1, -0.05) is 6.92 Å². The Labute approximate surface area is 94.8 Å². The van der Waals surface area contributed by atoms with Crippen molar-refractivity contribution in [2.75, 3.05) is 0 Å². The zero-order valence-corrected chi connectivity index (χ0v) is 9.57. The first kappa shape index (κ1) is 10.9. The van der Waals surface area contributed by atoms with Crippen molar-refractivity contribution < 1.29 is 4.39 Å². The maximum atomic E-state index is 12.9. The zero-order chi connectivity index (χ0) is 11.5. The van der Waals surface area contributed by atoms with E-state index >= 15 is 0 Å². The molecule has 0 aromatic carbocycles. The number of aromatic nitrogens is 2. The van der Waals surface area contributed by atoms with Crippen LogP contribution in [0, 0.1) is 12.9 Å². The van der Waals surface area contributed by atoms with Gasteiger partial charge in [0, 0.05) is 24.6 Å². The fraction of sp³-hybridized carbons (Fsp3) is 0.308. The lowest BCUT2D eigenvalue weighted by Gasteiger charge is -2.07. The highest BCUT2D eigenvalue weighted by Gasteiger charge is 2.03. The second kappa shape index (κ2) is 4.47. The van der Waals surface area contributed by atoms with Crippen LogP contribution in [0.2, 0.25) is 0 Å². The van der Waals surface area contributed by atoms with Crippen LogP contribution in [0.4, 0.5) is 4.39 Å². The van der Waals surface area contributed by atoms with Crippen molar-refractivity contribution in [2.24, 2.45) is 0 Å². The van der Waals surface area contributed by atoms with Crippen LogP contribution in [0.1, 0.15) is 23.7 Å². The molecule has 2 aromatic rings. The quantitative estimate of drug-likeness (QED) is 0.724. The largest absolute Gasteiger partial charge is 0.347 e. The fourth-order valence-corrected chi connectivity index (χ4v) is 1.90. The minimum atomic E-state index is -0.417. The van der Waals surface area contributed by atoms with E-state index in [0.29, 0.717) is 6.54 Å². The summed E-state index contributed by atoms with van der Waals surface area (Å²) in [6.07, 6.45) is 4.59. The third kappa shape index (κ3) is 2.30. The van der Waals surface area contributed by atoms with Gasteiger partial charge in [0.1, 0.15) is 0 Å². The molecule has 0 saturated heterocycles. The van der Waals surface area contributed by atoms with Crippen molar-refractivity contribution in [3.63, 3.8) is 0 Å². The van der Waals surface area contributed by atoms with Crippen LogP contribution < -0.4 is 0 Å².